The summed E-state index contributed by atoms with van der Waals surface area (Å²) in [4.78, 5) is 10.7. The largest absolute Gasteiger partial charge is 0.480 e. The van der Waals surface area contributed by atoms with Crippen LogP contribution >= 0.6 is 0 Å². The average molecular weight is 204 g/mol. The number of nitrogens with zero attached hydrogens (tertiary/aromatic N) is 1. The first-order valence-electron chi connectivity index (χ1n) is 4.56. The highest BCUT2D eigenvalue weighted by Crippen LogP contribution is 2.06. The number of nitrogens with one attached hydrogen (secondary N) is 1. The van der Waals surface area contributed by atoms with Crippen molar-refractivity contribution >= 4 is 5.97 Å². The fourth-order valence-corrected chi connectivity index (χ4v) is 1.26. The van der Waals surface area contributed by atoms with Crippen LogP contribution in [0, 0.1) is 11.3 Å². The Morgan fingerprint density at radius 1 is 1.53 bits per heavy atom. The van der Waals surface area contributed by atoms with Crippen molar-refractivity contribution in [3.05, 3.63) is 35.4 Å². The van der Waals surface area contributed by atoms with Crippen molar-refractivity contribution in [3.63, 3.8) is 0 Å². The van der Waals surface area contributed by atoms with Gasteiger partial charge in [-0.25, -0.2) is 0 Å². The van der Waals surface area contributed by atoms with E-state index in [2.05, 4.69) is 5.32 Å². The summed E-state index contributed by atoms with van der Waals surface area (Å²) in [6, 6.07) is 8.34. The third-order valence-corrected chi connectivity index (χ3v) is 2.17. The van der Waals surface area contributed by atoms with Crippen molar-refractivity contribution in [3.8, 4) is 6.07 Å². The van der Waals surface area contributed by atoms with Gasteiger partial charge in [0.05, 0.1) is 11.6 Å². The molecule has 0 saturated carbocycles. The second kappa shape index (κ2) is 5.13. The van der Waals surface area contributed by atoms with Crippen LogP contribution < -0.4 is 5.32 Å². The van der Waals surface area contributed by atoms with Gasteiger partial charge in [0.25, 0.3) is 0 Å². The summed E-state index contributed by atoms with van der Waals surface area (Å²) in [5, 5.41) is 20.1. The molecule has 0 bridgehead atoms. The Morgan fingerprint density at radius 3 is 2.53 bits per heavy atom. The van der Waals surface area contributed by atoms with Gasteiger partial charge in [0.2, 0.25) is 0 Å². The third kappa shape index (κ3) is 3.08. The predicted molar refractivity (Wildman–Crippen MR) is 55.3 cm³/mol. The highest BCUT2D eigenvalue weighted by Gasteiger charge is 2.14. The Kier molecular flexibility index (Phi) is 3.83. The van der Waals surface area contributed by atoms with E-state index in [-0.39, 0.29) is 0 Å². The Balaban J connectivity index is 2.72. The molecule has 0 amide bonds. The SMILES string of the molecule is CNC(Cc1ccc(C#N)cc1)C(=O)O. The standard InChI is InChI=1S/C11H12N2O2/c1-13-10(11(14)15)6-8-2-4-9(7-12)5-3-8/h2-5,10,13H,6H2,1H3,(H,14,15). The molecule has 0 heterocycles. The number of carboxylic acids is 1. The molecular formula is C11H12N2O2. The highest BCUT2D eigenvalue weighted by molar-refractivity contribution is 5.73. The molecule has 1 atom stereocenters. The minimum atomic E-state index is -0.873. The molecule has 1 aromatic carbocycles. The van der Waals surface area contributed by atoms with Crippen molar-refractivity contribution < 1.29 is 9.90 Å². The zero-order valence-electron chi connectivity index (χ0n) is 8.40. The zero-order chi connectivity index (χ0) is 11.3. The van der Waals surface area contributed by atoms with Gasteiger partial charge >= 0.3 is 5.97 Å². The van der Waals surface area contributed by atoms with Crippen LogP contribution in [0.5, 0.6) is 0 Å². The lowest BCUT2D eigenvalue weighted by atomic mass is 10.0. The van der Waals surface area contributed by atoms with Gasteiger partial charge in [-0.15, -0.1) is 0 Å². The molecule has 78 valence electrons. The van der Waals surface area contributed by atoms with Gasteiger partial charge in [-0.05, 0) is 31.2 Å². The molecule has 0 radical (unpaired) electrons. The number of benzene rings is 1. The molecule has 2 N–H and O–H groups in total. The maximum atomic E-state index is 10.7. The molecule has 0 spiro atoms. The minimum absolute atomic E-state index is 0.414. The molecule has 15 heavy (non-hydrogen) atoms. The Labute approximate surface area is 88.2 Å². The van der Waals surface area contributed by atoms with E-state index in [0.29, 0.717) is 12.0 Å². The van der Waals surface area contributed by atoms with Crippen molar-refractivity contribution in [1.29, 1.82) is 5.26 Å². The normalized spacial score (nSPS) is 11.7. The highest BCUT2D eigenvalue weighted by atomic mass is 16.4. The van der Waals surface area contributed by atoms with E-state index >= 15 is 0 Å². The van der Waals surface area contributed by atoms with Crippen LogP contribution in [-0.2, 0) is 11.2 Å². The Hall–Kier alpha value is -1.86. The second-order valence-corrected chi connectivity index (χ2v) is 3.19. The van der Waals surface area contributed by atoms with Gasteiger partial charge in [0.1, 0.15) is 6.04 Å². The van der Waals surface area contributed by atoms with Crippen LogP contribution in [0.1, 0.15) is 11.1 Å². The van der Waals surface area contributed by atoms with Crippen LogP contribution in [0.4, 0.5) is 0 Å². The van der Waals surface area contributed by atoms with Crippen LogP contribution in [0.2, 0.25) is 0 Å². The van der Waals surface area contributed by atoms with Gasteiger partial charge < -0.3 is 10.4 Å². The predicted octanol–water partition coefficient (Wildman–Crippen LogP) is 0.773. The van der Waals surface area contributed by atoms with Crippen molar-refractivity contribution in [1.82, 2.24) is 5.32 Å². The maximum absolute atomic E-state index is 10.7. The van der Waals surface area contributed by atoms with Crippen LogP contribution in [0.3, 0.4) is 0 Å². The molecule has 0 aliphatic heterocycles. The fraction of sp³-hybridized carbons (Fsp3) is 0.273. The summed E-state index contributed by atoms with van der Waals surface area (Å²) in [7, 11) is 1.61. The first-order valence-corrected chi connectivity index (χ1v) is 4.56. The van der Waals surface area contributed by atoms with Crippen LogP contribution in [0.25, 0.3) is 0 Å². The van der Waals surface area contributed by atoms with E-state index in [0.717, 1.165) is 5.56 Å². The quantitative estimate of drug-likeness (QED) is 0.759. The number of hydrogen-bond acceptors (Lipinski definition) is 3. The molecule has 0 saturated heterocycles. The minimum Gasteiger partial charge on any atom is -0.480 e. The van der Waals surface area contributed by atoms with Crippen LogP contribution in [0.15, 0.2) is 24.3 Å². The molecule has 1 aromatic rings. The molecule has 4 nitrogen and oxygen atoms in total. The number of carboxylic acid groups (broad SMARTS) is 1. The fourth-order valence-electron chi connectivity index (χ4n) is 1.26. The molecule has 0 aliphatic rings. The number of likely N-dealkylation sites (N-methyl/N-ethyl adjacent to an activating group) is 1. The molecule has 1 rings (SSSR count). The summed E-state index contributed by atoms with van der Waals surface area (Å²) in [5.74, 6) is -0.873. The topological polar surface area (TPSA) is 73.1 Å². The first kappa shape index (κ1) is 11.2. The Morgan fingerprint density at radius 2 is 2.13 bits per heavy atom. The van der Waals surface area contributed by atoms with Gasteiger partial charge in [-0.3, -0.25) is 4.79 Å². The van der Waals surface area contributed by atoms with Gasteiger partial charge in [-0.2, -0.15) is 5.26 Å². The third-order valence-electron chi connectivity index (χ3n) is 2.17. The molecule has 4 heteroatoms. The summed E-state index contributed by atoms with van der Waals surface area (Å²) >= 11 is 0. The lowest BCUT2D eigenvalue weighted by Crippen LogP contribution is -2.35. The number of carbonyl (C=O) groups is 1. The molecule has 0 aliphatic carbocycles. The number of hydrogen-bond donors (Lipinski definition) is 2. The lowest BCUT2D eigenvalue weighted by molar-refractivity contribution is -0.139. The van der Waals surface area contributed by atoms with Crippen molar-refractivity contribution in [2.75, 3.05) is 7.05 Å². The van der Waals surface area contributed by atoms with E-state index in [4.69, 9.17) is 10.4 Å². The summed E-state index contributed by atoms with van der Waals surface area (Å²) in [6.45, 7) is 0. The Bertz CT molecular complexity index is 379. The molecule has 0 aromatic heterocycles. The zero-order valence-corrected chi connectivity index (χ0v) is 8.40. The van der Waals surface area contributed by atoms with E-state index < -0.39 is 12.0 Å². The van der Waals surface area contributed by atoms with E-state index in [9.17, 15) is 4.79 Å². The summed E-state index contributed by atoms with van der Waals surface area (Å²) in [5.41, 5.74) is 1.48. The van der Waals surface area contributed by atoms with Crippen molar-refractivity contribution in [2.45, 2.75) is 12.5 Å². The second-order valence-electron chi connectivity index (χ2n) is 3.19. The van der Waals surface area contributed by atoms with E-state index in [1.165, 1.54) is 0 Å². The molecule has 0 fully saturated rings. The van der Waals surface area contributed by atoms with Crippen molar-refractivity contribution in [2.24, 2.45) is 0 Å². The monoisotopic (exact) mass is 204 g/mol. The number of rotatable bonds is 4. The smallest absolute Gasteiger partial charge is 0.321 e. The molecular weight excluding hydrogens is 192 g/mol. The van der Waals surface area contributed by atoms with E-state index in [1.807, 2.05) is 6.07 Å². The summed E-state index contributed by atoms with van der Waals surface area (Å²) < 4.78 is 0. The maximum Gasteiger partial charge on any atom is 0.321 e. The number of aliphatic carboxylic acids is 1. The van der Waals surface area contributed by atoms with E-state index in [1.54, 1.807) is 31.3 Å². The molecule has 1 unspecified atom stereocenters. The van der Waals surface area contributed by atoms with Gasteiger partial charge in [0, 0.05) is 0 Å². The number of nitriles is 1. The average Bonchev–Trinajstić information content (AvgIpc) is 2.26. The first-order chi connectivity index (χ1) is 7.17. The van der Waals surface area contributed by atoms with Crippen LogP contribution in [-0.4, -0.2) is 24.2 Å². The lowest BCUT2D eigenvalue weighted by Gasteiger charge is -2.10. The van der Waals surface area contributed by atoms with Gasteiger partial charge in [-0.1, -0.05) is 12.1 Å². The summed E-state index contributed by atoms with van der Waals surface area (Å²) in [6.07, 6.45) is 0.414. The van der Waals surface area contributed by atoms with Gasteiger partial charge in [0.15, 0.2) is 0 Å².